The van der Waals surface area contributed by atoms with Crippen LogP contribution in [0.3, 0.4) is 0 Å². The maximum atomic E-state index is 12.2. The Hall–Kier alpha value is -2.00. The number of carbonyl (C=O) groups excluding carboxylic acids is 2. The van der Waals surface area contributed by atoms with E-state index in [4.69, 9.17) is 0 Å². The molecular weight excluding hydrogens is 304 g/mol. The molecule has 4 rings (SSSR count). The van der Waals surface area contributed by atoms with E-state index in [0.29, 0.717) is 11.1 Å². The Kier molecular flexibility index (Phi) is 2.01. The van der Waals surface area contributed by atoms with E-state index in [0.717, 1.165) is 26.0 Å². The molecule has 3 aromatic carbocycles. The normalized spacial score (nSPS) is 13.7. The van der Waals surface area contributed by atoms with Crippen molar-refractivity contribution < 1.29 is 9.59 Å². The molecule has 0 saturated heterocycles. The van der Waals surface area contributed by atoms with Gasteiger partial charge in [0, 0.05) is 21.0 Å². The van der Waals surface area contributed by atoms with E-state index in [9.17, 15) is 9.59 Å². The van der Waals surface area contributed by atoms with Crippen molar-refractivity contribution >= 4 is 49.0 Å². The number of Topliss-reactive ketones (excluding diaryl/α,β-unsaturated/α-hetero) is 2. The summed E-state index contributed by atoms with van der Waals surface area (Å²) in [4.78, 5) is 24.3. The molecule has 0 unspecified atom stereocenters. The van der Waals surface area contributed by atoms with Gasteiger partial charge in [-0.25, -0.2) is 0 Å². The first-order chi connectivity index (χ1) is 9.20. The third-order valence-electron chi connectivity index (χ3n) is 3.66. The van der Waals surface area contributed by atoms with Crippen molar-refractivity contribution in [1.29, 1.82) is 0 Å². The van der Waals surface area contributed by atoms with Gasteiger partial charge in [0.25, 0.3) is 0 Å². The van der Waals surface area contributed by atoms with Crippen LogP contribution in [0, 0.1) is 0 Å². The van der Waals surface area contributed by atoms with Crippen LogP contribution in [0.25, 0.3) is 21.5 Å². The Morgan fingerprint density at radius 3 is 2.21 bits per heavy atom. The van der Waals surface area contributed by atoms with Gasteiger partial charge in [0.2, 0.25) is 11.6 Å². The van der Waals surface area contributed by atoms with E-state index in [2.05, 4.69) is 15.9 Å². The van der Waals surface area contributed by atoms with E-state index in [1.54, 1.807) is 6.07 Å². The van der Waals surface area contributed by atoms with E-state index in [1.165, 1.54) is 0 Å². The Morgan fingerprint density at radius 1 is 0.737 bits per heavy atom. The van der Waals surface area contributed by atoms with E-state index in [-0.39, 0.29) is 0 Å². The highest BCUT2D eigenvalue weighted by atomic mass is 79.9. The smallest absolute Gasteiger partial charge is 0.234 e. The van der Waals surface area contributed by atoms with Gasteiger partial charge in [0.15, 0.2) is 0 Å². The fraction of sp³-hybridized carbons (Fsp3) is 0. The molecule has 0 spiro atoms. The van der Waals surface area contributed by atoms with Crippen LogP contribution in [-0.2, 0) is 0 Å². The van der Waals surface area contributed by atoms with Gasteiger partial charge in [-0.1, -0.05) is 42.5 Å². The molecule has 0 heterocycles. The van der Waals surface area contributed by atoms with Gasteiger partial charge in [-0.2, -0.15) is 0 Å². The number of hydrogen-bond donors (Lipinski definition) is 0. The van der Waals surface area contributed by atoms with Crippen molar-refractivity contribution in [2.45, 2.75) is 0 Å². The molecule has 0 saturated carbocycles. The van der Waals surface area contributed by atoms with Crippen LogP contribution in [-0.4, -0.2) is 11.6 Å². The Bertz CT molecular complexity index is 909. The van der Waals surface area contributed by atoms with Crippen LogP contribution < -0.4 is 0 Å². The number of ketones is 2. The van der Waals surface area contributed by atoms with Crippen molar-refractivity contribution in [2.75, 3.05) is 0 Å². The standard InChI is InChI=1S/C16H7BrO2/c17-14-9-5-2-1-4-8(9)13-12-10(14)6-3-7-11(12)15(18)16(13)19/h1-7H. The molecule has 0 N–H and O–H groups in total. The molecule has 90 valence electrons. The largest absolute Gasteiger partial charge is 0.285 e. The fourth-order valence-corrected chi connectivity index (χ4v) is 3.51. The average Bonchev–Trinajstić information content (AvgIpc) is 2.70. The van der Waals surface area contributed by atoms with Gasteiger partial charge in [-0.3, -0.25) is 9.59 Å². The van der Waals surface area contributed by atoms with Crippen LogP contribution in [0.1, 0.15) is 20.7 Å². The predicted octanol–water partition coefficient (Wildman–Crippen LogP) is 4.13. The molecule has 0 radical (unpaired) electrons. The molecule has 1 aliphatic carbocycles. The summed E-state index contributed by atoms with van der Waals surface area (Å²) in [6, 6.07) is 13.1. The van der Waals surface area contributed by atoms with Gasteiger partial charge in [-0.15, -0.1) is 0 Å². The van der Waals surface area contributed by atoms with Crippen molar-refractivity contribution in [2.24, 2.45) is 0 Å². The Morgan fingerprint density at radius 2 is 1.42 bits per heavy atom. The number of fused-ring (bicyclic) bond motifs is 2. The zero-order chi connectivity index (χ0) is 13.1. The minimum atomic E-state index is -0.399. The molecule has 0 fully saturated rings. The summed E-state index contributed by atoms with van der Waals surface area (Å²) in [6.45, 7) is 0. The van der Waals surface area contributed by atoms with Gasteiger partial charge < -0.3 is 0 Å². The monoisotopic (exact) mass is 310 g/mol. The number of hydrogen-bond acceptors (Lipinski definition) is 2. The molecule has 0 amide bonds. The first-order valence-electron chi connectivity index (χ1n) is 5.92. The topological polar surface area (TPSA) is 34.1 Å². The van der Waals surface area contributed by atoms with Crippen LogP contribution in [0.5, 0.6) is 0 Å². The van der Waals surface area contributed by atoms with E-state index in [1.807, 2.05) is 36.4 Å². The van der Waals surface area contributed by atoms with E-state index >= 15 is 0 Å². The Labute approximate surface area is 117 Å². The lowest BCUT2D eigenvalue weighted by Gasteiger charge is -2.08. The summed E-state index contributed by atoms with van der Waals surface area (Å²) in [5, 5.41) is 3.50. The molecule has 0 bridgehead atoms. The van der Waals surface area contributed by atoms with Gasteiger partial charge >= 0.3 is 0 Å². The molecule has 0 aliphatic heterocycles. The molecule has 0 atom stereocenters. The lowest BCUT2D eigenvalue weighted by atomic mass is 9.98. The molecule has 3 heteroatoms. The van der Waals surface area contributed by atoms with Gasteiger partial charge in [0.05, 0.1) is 0 Å². The lowest BCUT2D eigenvalue weighted by molar-refractivity contribution is 0.0826. The van der Waals surface area contributed by atoms with Gasteiger partial charge in [-0.05, 0) is 32.1 Å². The van der Waals surface area contributed by atoms with Crippen LogP contribution >= 0.6 is 15.9 Å². The lowest BCUT2D eigenvalue weighted by Crippen LogP contribution is -2.06. The summed E-state index contributed by atoms with van der Waals surface area (Å²) in [7, 11) is 0. The van der Waals surface area contributed by atoms with E-state index < -0.39 is 11.6 Å². The highest BCUT2D eigenvalue weighted by molar-refractivity contribution is 9.10. The number of rotatable bonds is 0. The first-order valence-corrected chi connectivity index (χ1v) is 6.71. The van der Waals surface area contributed by atoms with Crippen LogP contribution in [0.4, 0.5) is 0 Å². The molecule has 19 heavy (non-hydrogen) atoms. The summed E-state index contributed by atoms with van der Waals surface area (Å²) in [6.07, 6.45) is 0. The molecule has 2 nitrogen and oxygen atoms in total. The van der Waals surface area contributed by atoms with Crippen molar-refractivity contribution in [1.82, 2.24) is 0 Å². The summed E-state index contributed by atoms with van der Waals surface area (Å²) in [5.74, 6) is -0.793. The SMILES string of the molecule is O=C1C(=O)c2c3ccccc3c(Br)c3cccc1c23. The van der Waals surface area contributed by atoms with Crippen molar-refractivity contribution in [3.8, 4) is 0 Å². The second kappa shape index (κ2) is 3.52. The second-order valence-corrected chi connectivity index (χ2v) is 5.41. The zero-order valence-corrected chi connectivity index (χ0v) is 11.3. The minimum Gasteiger partial charge on any atom is -0.285 e. The molecule has 0 aromatic heterocycles. The quantitative estimate of drug-likeness (QED) is 0.462. The third-order valence-corrected chi connectivity index (χ3v) is 4.52. The molecular formula is C16H7BrO2. The highest BCUT2D eigenvalue weighted by Gasteiger charge is 2.33. The summed E-state index contributed by atoms with van der Waals surface area (Å²) >= 11 is 3.60. The third kappa shape index (κ3) is 1.21. The Balaban J connectivity index is 2.42. The first kappa shape index (κ1) is 10.9. The average molecular weight is 311 g/mol. The number of benzene rings is 3. The maximum absolute atomic E-state index is 12.2. The number of halogens is 1. The summed E-state index contributed by atoms with van der Waals surface area (Å²) in [5.41, 5.74) is 1.07. The maximum Gasteiger partial charge on any atom is 0.234 e. The summed E-state index contributed by atoms with van der Waals surface area (Å²) < 4.78 is 0.936. The number of carbonyl (C=O) groups is 2. The van der Waals surface area contributed by atoms with Crippen molar-refractivity contribution in [3.05, 3.63) is 58.1 Å². The second-order valence-electron chi connectivity index (χ2n) is 4.62. The zero-order valence-electron chi connectivity index (χ0n) is 9.74. The minimum absolute atomic E-state index is 0.394. The van der Waals surface area contributed by atoms with Crippen LogP contribution in [0.2, 0.25) is 0 Å². The fourth-order valence-electron chi connectivity index (χ4n) is 2.84. The molecule has 3 aromatic rings. The highest BCUT2D eigenvalue weighted by Crippen LogP contribution is 2.41. The van der Waals surface area contributed by atoms with Gasteiger partial charge in [0.1, 0.15) is 0 Å². The van der Waals surface area contributed by atoms with Crippen molar-refractivity contribution in [3.63, 3.8) is 0 Å². The predicted molar refractivity (Wildman–Crippen MR) is 77.8 cm³/mol. The van der Waals surface area contributed by atoms with Crippen LogP contribution in [0.15, 0.2) is 46.9 Å². The molecule has 1 aliphatic rings.